The number of aliphatic carboxylic acids is 1. The Labute approximate surface area is 207 Å². The van der Waals surface area contributed by atoms with Gasteiger partial charge in [0, 0.05) is 6.42 Å². The highest BCUT2D eigenvalue weighted by atomic mass is 35.5. The number of nitrogens with two attached hydrogens (primary N) is 1. The molecule has 0 radical (unpaired) electrons. The number of nitrogen functional groups attached to an aromatic ring is 1. The van der Waals surface area contributed by atoms with Gasteiger partial charge < -0.3 is 30.5 Å². The molecule has 4 aromatic rings. The molecular weight excluding hydrogens is 496 g/mol. The van der Waals surface area contributed by atoms with Gasteiger partial charge in [0.15, 0.2) is 23.5 Å². The molecule has 15 heteroatoms. The van der Waals surface area contributed by atoms with Crippen molar-refractivity contribution in [1.82, 2.24) is 34.7 Å². The molecule has 0 unspecified atom stereocenters. The number of aromatic amines is 1. The fourth-order valence-electron chi connectivity index (χ4n) is 4.13. The quantitative estimate of drug-likeness (QED) is 0.197. The number of anilines is 1. The molecule has 1 fully saturated rings. The number of carbonyl (C=O) groups is 1. The van der Waals surface area contributed by atoms with E-state index >= 15 is 0 Å². The van der Waals surface area contributed by atoms with E-state index in [0.29, 0.717) is 5.56 Å². The Balaban J connectivity index is 1.42. The number of aliphatic hydroxyl groups is 2. The van der Waals surface area contributed by atoms with Gasteiger partial charge in [-0.3, -0.25) is 9.67 Å². The number of nitrogens with zero attached hydrogens (tertiary/aromatic N) is 6. The van der Waals surface area contributed by atoms with E-state index < -0.39 is 42.7 Å². The van der Waals surface area contributed by atoms with Crippen LogP contribution in [0.4, 0.5) is 5.82 Å². The van der Waals surface area contributed by atoms with Crippen molar-refractivity contribution >= 4 is 34.6 Å². The second-order valence-corrected chi connectivity index (χ2v) is 8.51. The van der Waals surface area contributed by atoms with Crippen LogP contribution in [0.5, 0.6) is 0 Å². The molecule has 1 aromatic carbocycles. The first-order valence-corrected chi connectivity index (χ1v) is 11.1. The molecule has 0 saturated carbocycles. The predicted octanol–water partition coefficient (Wildman–Crippen LogP) is 0.0386. The lowest BCUT2D eigenvalue weighted by atomic mass is 9.93. The van der Waals surface area contributed by atoms with Crippen molar-refractivity contribution < 1.29 is 29.6 Å². The van der Waals surface area contributed by atoms with E-state index in [-0.39, 0.29) is 34.5 Å². The number of nitrogens with one attached hydrogen (secondary N) is 1. The zero-order valence-corrected chi connectivity index (χ0v) is 19.2. The van der Waals surface area contributed by atoms with Crippen LogP contribution in [0, 0.1) is 0 Å². The maximum absolute atomic E-state index is 12.5. The number of aliphatic hydroxyl groups excluding tert-OH is 2. The standard InChI is InChI=1S/C21H21ClN8O6/c22-20-27-15(23)12-16(28-20)30(9-25-12)17-14(32)13(31)11(36-17)7-35-21(19(33)34,18-24-8-26-29-18)6-10-4-2-1-3-5-10/h1-5,8-9,11,13-14,17,31-32H,6-7H2,(H,33,34)(H2,23,27,28)(H,24,26,29)/t11-,13-,14-,17-,21+/m1/s1. The lowest BCUT2D eigenvalue weighted by Gasteiger charge is -2.29. The van der Waals surface area contributed by atoms with Crippen LogP contribution in [-0.4, -0.2) is 80.9 Å². The fourth-order valence-corrected chi connectivity index (χ4v) is 4.30. The van der Waals surface area contributed by atoms with Gasteiger partial charge in [-0.25, -0.2) is 14.8 Å². The third-order valence-electron chi connectivity index (χ3n) is 5.94. The van der Waals surface area contributed by atoms with Crippen LogP contribution in [0.2, 0.25) is 5.28 Å². The van der Waals surface area contributed by atoms with Gasteiger partial charge in [0.1, 0.15) is 30.2 Å². The number of hydrogen-bond acceptors (Lipinski definition) is 11. The average molecular weight is 517 g/mol. The van der Waals surface area contributed by atoms with Gasteiger partial charge in [0.2, 0.25) is 10.9 Å². The highest BCUT2D eigenvalue weighted by molar-refractivity contribution is 6.28. The maximum atomic E-state index is 12.5. The van der Waals surface area contributed by atoms with Crippen LogP contribution in [0.1, 0.15) is 17.6 Å². The number of imidazole rings is 1. The summed E-state index contributed by atoms with van der Waals surface area (Å²) >= 11 is 5.91. The molecule has 0 amide bonds. The van der Waals surface area contributed by atoms with E-state index in [0.717, 1.165) is 0 Å². The first-order chi connectivity index (χ1) is 17.3. The number of fused-ring (bicyclic) bond motifs is 1. The maximum Gasteiger partial charge on any atom is 0.344 e. The Morgan fingerprint density at radius 3 is 2.69 bits per heavy atom. The number of hydrogen-bond donors (Lipinski definition) is 5. The summed E-state index contributed by atoms with van der Waals surface area (Å²) in [4.78, 5) is 28.6. The summed E-state index contributed by atoms with van der Waals surface area (Å²) < 4.78 is 13.1. The largest absolute Gasteiger partial charge is 0.479 e. The summed E-state index contributed by atoms with van der Waals surface area (Å²) in [6.45, 7) is -0.410. The Morgan fingerprint density at radius 1 is 1.22 bits per heavy atom. The topological polar surface area (TPSA) is 207 Å². The van der Waals surface area contributed by atoms with E-state index in [9.17, 15) is 20.1 Å². The number of ether oxygens (including phenoxy) is 2. The predicted molar refractivity (Wildman–Crippen MR) is 122 cm³/mol. The zero-order valence-electron chi connectivity index (χ0n) is 18.5. The molecular formula is C21H21ClN8O6. The van der Waals surface area contributed by atoms with Gasteiger partial charge in [-0.2, -0.15) is 15.1 Å². The average Bonchev–Trinajstić information content (AvgIpc) is 3.59. The van der Waals surface area contributed by atoms with Crippen molar-refractivity contribution in [2.24, 2.45) is 0 Å². The Bertz CT molecular complexity index is 1370. The lowest BCUT2D eigenvalue weighted by molar-refractivity contribution is -0.177. The summed E-state index contributed by atoms with van der Waals surface area (Å²) in [5, 5.41) is 37.9. The number of H-pyrrole nitrogens is 1. The highest BCUT2D eigenvalue weighted by Gasteiger charge is 2.49. The zero-order chi connectivity index (χ0) is 25.4. The van der Waals surface area contributed by atoms with Crippen molar-refractivity contribution in [2.75, 3.05) is 12.3 Å². The number of carboxylic acids is 1. The monoisotopic (exact) mass is 516 g/mol. The van der Waals surface area contributed by atoms with Crippen LogP contribution in [0.25, 0.3) is 11.2 Å². The van der Waals surface area contributed by atoms with Gasteiger partial charge in [-0.15, -0.1) is 0 Å². The SMILES string of the molecule is Nc1nc(Cl)nc2c1ncn2[C@@H]1O[C@H](CO[C@](Cc2ccccc2)(C(=O)O)c2nc[nH]n2)[C@@H](O)[C@H]1O. The molecule has 1 aliphatic heterocycles. The van der Waals surface area contributed by atoms with Crippen LogP contribution in [-0.2, 0) is 26.3 Å². The van der Waals surface area contributed by atoms with Crippen molar-refractivity contribution in [2.45, 2.75) is 36.6 Å². The molecule has 0 bridgehead atoms. The Morgan fingerprint density at radius 2 is 2.00 bits per heavy atom. The molecule has 36 heavy (non-hydrogen) atoms. The normalized spacial score (nSPS) is 23.6. The lowest BCUT2D eigenvalue weighted by Crippen LogP contribution is -2.45. The van der Waals surface area contributed by atoms with Crippen LogP contribution in [0.15, 0.2) is 43.0 Å². The van der Waals surface area contributed by atoms with E-state index in [4.69, 9.17) is 26.8 Å². The van der Waals surface area contributed by atoms with Crippen molar-refractivity contribution in [3.63, 3.8) is 0 Å². The smallest absolute Gasteiger partial charge is 0.344 e. The van der Waals surface area contributed by atoms with Crippen LogP contribution < -0.4 is 5.73 Å². The summed E-state index contributed by atoms with van der Waals surface area (Å²) in [7, 11) is 0. The van der Waals surface area contributed by atoms with Crippen molar-refractivity contribution in [1.29, 1.82) is 0 Å². The minimum absolute atomic E-state index is 0.0373. The first kappa shape index (κ1) is 24.0. The molecule has 4 heterocycles. The molecule has 3 aromatic heterocycles. The second-order valence-electron chi connectivity index (χ2n) is 8.18. The van der Waals surface area contributed by atoms with Gasteiger partial charge in [-0.1, -0.05) is 30.3 Å². The van der Waals surface area contributed by atoms with Gasteiger partial charge in [0.25, 0.3) is 0 Å². The number of halogens is 1. The second kappa shape index (κ2) is 9.40. The van der Waals surface area contributed by atoms with Gasteiger partial charge in [-0.05, 0) is 17.2 Å². The molecule has 1 saturated heterocycles. The van der Waals surface area contributed by atoms with Gasteiger partial charge >= 0.3 is 5.97 Å². The van der Waals surface area contributed by atoms with E-state index in [1.807, 2.05) is 0 Å². The molecule has 0 aliphatic carbocycles. The summed E-state index contributed by atoms with van der Waals surface area (Å²) in [6.07, 6.45) is -2.66. The minimum Gasteiger partial charge on any atom is -0.479 e. The highest BCUT2D eigenvalue weighted by Crippen LogP contribution is 2.35. The van der Waals surface area contributed by atoms with E-state index in [1.54, 1.807) is 30.3 Å². The summed E-state index contributed by atoms with van der Waals surface area (Å²) in [6, 6.07) is 8.83. The molecule has 5 rings (SSSR count). The van der Waals surface area contributed by atoms with Gasteiger partial charge in [0.05, 0.1) is 12.9 Å². The van der Waals surface area contributed by atoms with E-state index in [2.05, 4.69) is 30.1 Å². The molecule has 5 atom stereocenters. The number of benzene rings is 1. The minimum atomic E-state index is -2.00. The molecule has 6 N–H and O–H groups in total. The first-order valence-electron chi connectivity index (χ1n) is 10.7. The number of aromatic nitrogens is 7. The van der Waals surface area contributed by atoms with Crippen LogP contribution in [0.3, 0.4) is 0 Å². The number of rotatable bonds is 8. The van der Waals surface area contributed by atoms with E-state index in [1.165, 1.54) is 17.2 Å². The molecule has 14 nitrogen and oxygen atoms in total. The number of carboxylic acid groups (broad SMARTS) is 1. The molecule has 0 spiro atoms. The van der Waals surface area contributed by atoms with Crippen LogP contribution >= 0.6 is 11.6 Å². The summed E-state index contributed by atoms with van der Waals surface area (Å²) in [5.41, 5.74) is 4.93. The third-order valence-corrected chi connectivity index (χ3v) is 6.11. The molecule has 1 aliphatic rings. The third kappa shape index (κ3) is 4.14. The fraction of sp³-hybridized carbons (Fsp3) is 0.333. The van der Waals surface area contributed by atoms with Crippen molar-refractivity contribution in [3.8, 4) is 0 Å². The summed E-state index contributed by atoms with van der Waals surface area (Å²) in [5.74, 6) is -1.40. The Hall–Kier alpha value is -3.69. The van der Waals surface area contributed by atoms with Crippen molar-refractivity contribution in [3.05, 3.63) is 59.7 Å². The molecule has 188 valence electrons. The Kier molecular flexibility index (Phi) is 6.27.